The maximum absolute atomic E-state index is 10.7. The summed E-state index contributed by atoms with van der Waals surface area (Å²) in [4.78, 5) is 21.3. The molecular formula is C8H14N2O2. The second-order valence-electron chi connectivity index (χ2n) is 3.64. The van der Waals surface area contributed by atoms with Crippen LogP contribution in [0.2, 0.25) is 0 Å². The minimum absolute atomic E-state index is 0.183. The highest BCUT2D eigenvalue weighted by molar-refractivity contribution is 5.78. The van der Waals surface area contributed by atoms with E-state index < -0.39 is 0 Å². The summed E-state index contributed by atoms with van der Waals surface area (Å²) in [5.74, 6) is -0.674. The van der Waals surface area contributed by atoms with Gasteiger partial charge in [0, 0.05) is 12.8 Å². The van der Waals surface area contributed by atoms with E-state index in [9.17, 15) is 9.59 Å². The molecule has 0 heterocycles. The Bertz CT molecular complexity index is 191. The Hall–Kier alpha value is -1.06. The van der Waals surface area contributed by atoms with E-state index in [4.69, 9.17) is 11.5 Å². The molecule has 4 N–H and O–H groups in total. The Morgan fingerprint density at radius 3 is 1.67 bits per heavy atom. The van der Waals surface area contributed by atoms with Crippen molar-refractivity contribution in [2.45, 2.75) is 32.1 Å². The summed E-state index contributed by atoms with van der Waals surface area (Å²) >= 11 is 0. The molecule has 0 unspecified atom stereocenters. The summed E-state index contributed by atoms with van der Waals surface area (Å²) in [7, 11) is 0. The van der Waals surface area contributed by atoms with Crippen LogP contribution in [-0.4, -0.2) is 11.8 Å². The quantitative estimate of drug-likeness (QED) is 0.617. The average Bonchev–Trinajstić information content (AvgIpc) is 1.80. The van der Waals surface area contributed by atoms with Crippen LogP contribution in [0.5, 0.6) is 0 Å². The third-order valence-electron chi connectivity index (χ3n) is 2.51. The van der Waals surface area contributed by atoms with Crippen molar-refractivity contribution in [3.05, 3.63) is 0 Å². The number of carbonyl (C=O) groups is 2. The van der Waals surface area contributed by atoms with Gasteiger partial charge in [-0.2, -0.15) is 0 Å². The van der Waals surface area contributed by atoms with Gasteiger partial charge in [-0.3, -0.25) is 9.59 Å². The molecule has 1 saturated carbocycles. The van der Waals surface area contributed by atoms with E-state index in [-0.39, 0.29) is 17.2 Å². The van der Waals surface area contributed by atoms with Crippen LogP contribution in [0.3, 0.4) is 0 Å². The fourth-order valence-corrected chi connectivity index (χ4v) is 1.83. The molecule has 0 bridgehead atoms. The summed E-state index contributed by atoms with van der Waals surface area (Å²) in [5, 5.41) is 0. The molecule has 0 radical (unpaired) electrons. The molecule has 2 amide bonds. The number of nitrogens with two attached hydrogens (primary N) is 2. The Morgan fingerprint density at radius 1 is 1.08 bits per heavy atom. The molecule has 12 heavy (non-hydrogen) atoms. The highest BCUT2D eigenvalue weighted by Crippen LogP contribution is 2.46. The number of amides is 2. The fourth-order valence-electron chi connectivity index (χ4n) is 1.83. The van der Waals surface area contributed by atoms with Crippen LogP contribution >= 0.6 is 0 Å². The van der Waals surface area contributed by atoms with E-state index in [1.54, 1.807) is 0 Å². The average molecular weight is 170 g/mol. The van der Waals surface area contributed by atoms with Gasteiger partial charge in [-0.05, 0) is 18.3 Å². The van der Waals surface area contributed by atoms with E-state index in [0.717, 1.165) is 19.3 Å². The maximum Gasteiger partial charge on any atom is 0.217 e. The van der Waals surface area contributed by atoms with Gasteiger partial charge in [-0.1, -0.05) is 6.42 Å². The van der Waals surface area contributed by atoms with E-state index in [1.165, 1.54) is 0 Å². The predicted octanol–water partition coefficient (Wildman–Crippen LogP) is -0.0925. The molecule has 1 aliphatic rings. The molecule has 1 fully saturated rings. The normalized spacial score (nSPS) is 19.7. The van der Waals surface area contributed by atoms with Gasteiger partial charge >= 0.3 is 0 Å². The van der Waals surface area contributed by atoms with E-state index in [1.807, 2.05) is 0 Å². The highest BCUT2D eigenvalue weighted by atomic mass is 16.1. The minimum atomic E-state index is -0.337. The van der Waals surface area contributed by atoms with Crippen LogP contribution in [0.4, 0.5) is 0 Å². The summed E-state index contributed by atoms with van der Waals surface area (Å²) in [6, 6.07) is 0. The lowest BCUT2D eigenvalue weighted by Gasteiger charge is -2.40. The zero-order valence-electron chi connectivity index (χ0n) is 7.01. The molecule has 4 nitrogen and oxygen atoms in total. The zero-order valence-corrected chi connectivity index (χ0v) is 7.01. The zero-order chi connectivity index (χ0) is 9.19. The lowest BCUT2D eigenvalue weighted by atomic mass is 9.64. The van der Waals surface area contributed by atoms with E-state index >= 15 is 0 Å². The Labute approximate surface area is 71.3 Å². The van der Waals surface area contributed by atoms with Crippen molar-refractivity contribution in [3.8, 4) is 0 Å². The van der Waals surface area contributed by atoms with Gasteiger partial charge in [0.05, 0.1) is 0 Å². The number of primary amides is 2. The number of carbonyl (C=O) groups excluding carboxylic acids is 2. The smallest absolute Gasteiger partial charge is 0.217 e. The molecule has 1 aliphatic carbocycles. The first-order valence-corrected chi connectivity index (χ1v) is 4.11. The molecule has 0 spiro atoms. The molecule has 0 aromatic carbocycles. The molecule has 0 aromatic rings. The van der Waals surface area contributed by atoms with Gasteiger partial charge in [0.15, 0.2) is 0 Å². The van der Waals surface area contributed by atoms with Gasteiger partial charge < -0.3 is 11.5 Å². The molecular weight excluding hydrogens is 156 g/mol. The molecule has 0 aliphatic heterocycles. The largest absolute Gasteiger partial charge is 0.370 e. The Kier molecular flexibility index (Phi) is 2.35. The van der Waals surface area contributed by atoms with Crippen molar-refractivity contribution >= 4 is 11.8 Å². The summed E-state index contributed by atoms with van der Waals surface area (Å²) in [5.41, 5.74) is 9.96. The van der Waals surface area contributed by atoms with Gasteiger partial charge in [0.1, 0.15) is 0 Å². The van der Waals surface area contributed by atoms with E-state index in [0.29, 0.717) is 12.8 Å². The van der Waals surface area contributed by atoms with Gasteiger partial charge in [-0.25, -0.2) is 0 Å². The molecule has 0 saturated heterocycles. The first-order valence-electron chi connectivity index (χ1n) is 4.11. The number of rotatable bonds is 4. The Morgan fingerprint density at radius 2 is 1.50 bits per heavy atom. The maximum atomic E-state index is 10.7. The van der Waals surface area contributed by atoms with Gasteiger partial charge in [0.2, 0.25) is 11.8 Å². The third-order valence-corrected chi connectivity index (χ3v) is 2.51. The van der Waals surface area contributed by atoms with Crippen LogP contribution in [-0.2, 0) is 9.59 Å². The standard InChI is InChI=1S/C8H14N2O2/c9-6(11)4-8(2-1-3-8)5-7(10)12/h1-5H2,(H2,9,11)(H2,10,12). The van der Waals surface area contributed by atoms with Crippen molar-refractivity contribution < 1.29 is 9.59 Å². The summed E-state index contributed by atoms with van der Waals surface area (Å²) in [6.45, 7) is 0. The summed E-state index contributed by atoms with van der Waals surface area (Å²) < 4.78 is 0. The van der Waals surface area contributed by atoms with Gasteiger partial charge in [0.25, 0.3) is 0 Å². The summed E-state index contributed by atoms with van der Waals surface area (Å²) in [6.07, 6.45) is 3.48. The first kappa shape index (κ1) is 9.03. The van der Waals surface area contributed by atoms with Crippen LogP contribution in [0.25, 0.3) is 0 Å². The molecule has 1 rings (SSSR count). The molecule has 0 atom stereocenters. The predicted molar refractivity (Wildman–Crippen MR) is 43.9 cm³/mol. The van der Waals surface area contributed by atoms with Crippen LogP contribution < -0.4 is 11.5 Å². The SMILES string of the molecule is NC(=O)CC1(CC(N)=O)CCC1. The van der Waals surface area contributed by atoms with Crippen LogP contribution in [0.1, 0.15) is 32.1 Å². The van der Waals surface area contributed by atoms with Crippen molar-refractivity contribution in [2.75, 3.05) is 0 Å². The van der Waals surface area contributed by atoms with Crippen molar-refractivity contribution in [2.24, 2.45) is 16.9 Å². The fraction of sp³-hybridized carbons (Fsp3) is 0.750. The number of hydrogen-bond acceptors (Lipinski definition) is 2. The third kappa shape index (κ3) is 1.96. The molecule has 0 aromatic heterocycles. The molecule has 4 heteroatoms. The second kappa shape index (κ2) is 3.13. The van der Waals surface area contributed by atoms with Crippen molar-refractivity contribution in [3.63, 3.8) is 0 Å². The van der Waals surface area contributed by atoms with E-state index in [2.05, 4.69) is 0 Å². The lowest BCUT2D eigenvalue weighted by molar-refractivity contribution is -0.126. The minimum Gasteiger partial charge on any atom is -0.370 e. The topological polar surface area (TPSA) is 86.2 Å². The lowest BCUT2D eigenvalue weighted by Crippen LogP contribution is -2.37. The van der Waals surface area contributed by atoms with Gasteiger partial charge in [-0.15, -0.1) is 0 Å². The highest BCUT2D eigenvalue weighted by Gasteiger charge is 2.39. The second-order valence-corrected chi connectivity index (χ2v) is 3.64. The van der Waals surface area contributed by atoms with Crippen molar-refractivity contribution in [1.29, 1.82) is 0 Å². The van der Waals surface area contributed by atoms with Crippen LogP contribution in [0, 0.1) is 5.41 Å². The monoisotopic (exact) mass is 170 g/mol. The molecule has 68 valence electrons. The van der Waals surface area contributed by atoms with Crippen LogP contribution in [0.15, 0.2) is 0 Å². The van der Waals surface area contributed by atoms with Crippen molar-refractivity contribution in [1.82, 2.24) is 0 Å². The number of hydrogen-bond donors (Lipinski definition) is 2. The Balaban J connectivity index is 2.50. The first-order chi connectivity index (χ1) is 5.54.